The molecule has 2 heterocycles. The Labute approximate surface area is 210 Å². The molecule has 1 aliphatic rings. The van der Waals surface area contributed by atoms with E-state index >= 15 is 0 Å². The third kappa shape index (κ3) is 4.98. The Bertz CT molecular complexity index is 1410. The van der Waals surface area contributed by atoms with Crippen LogP contribution in [0.3, 0.4) is 0 Å². The van der Waals surface area contributed by atoms with Crippen LogP contribution in [0.25, 0.3) is 22.4 Å². The number of hydrogen-bond acceptors (Lipinski definition) is 5. The number of anilines is 2. The van der Waals surface area contributed by atoms with Crippen molar-refractivity contribution in [3.63, 3.8) is 0 Å². The Morgan fingerprint density at radius 2 is 1.83 bits per heavy atom. The fraction of sp³-hybridized carbons (Fsp3) is 0.276. The van der Waals surface area contributed by atoms with E-state index in [-0.39, 0.29) is 12.5 Å². The zero-order valence-electron chi connectivity index (χ0n) is 20.5. The van der Waals surface area contributed by atoms with Crippen molar-refractivity contribution in [1.29, 1.82) is 0 Å². The summed E-state index contributed by atoms with van der Waals surface area (Å²) in [7, 11) is 1.95. The number of nitrogens with zero attached hydrogens (tertiary/aromatic N) is 3. The Hall–Kier alpha value is -3.51. The number of benzene rings is 2. The van der Waals surface area contributed by atoms with E-state index in [9.17, 15) is 4.79 Å². The van der Waals surface area contributed by atoms with Crippen LogP contribution in [0.5, 0.6) is 0 Å². The number of carbonyl (C=O) groups is 1. The van der Waals surface area contributed by atoms with E-state index in [4.69, 9.17) is 9.97 Å². The maximum atomic E-state index is 13.0. The summed E-state index contributed by atoms with van der Waals surface area (Å²) in [6.45, 7) is 4.30. The number of thiophene rings is 1. The summed E-state index contributed by atoms with van der Waals surface area (Å²) in [5.41, 5.74) is 5.58. The maximum absolute atomic E-state index is 13.0. The summed E-state index contributed by atoms with van der Waals surface area (Å²) < 4.78 is 0. The number of nitrogens with one attached hydrogen (secondary N) is 1. The maximum Gasteiger partial charge on any atom is 0.243 e. The van der Waals surface area contributed by atoms with Gasteiger partial charge >= 0.3 is 0 Å². The first-order valence-corrected chi connectivity index (χ1v) is 12.9. The van der Waals surface area contributed by atoms with Gasteiger partial charge in [-0.05, 0) is 73.9 Å². The average Bonchev–Trinajstić information content (AvgIpc) is 3.24. The standard InChI is InChI=1S/C29H30N4OS/c1-19-10-9-14-23(20(19)2)30-26(34)18-33(3)28-27-22-13-7-8-15-24(22)35-29(27)32-25(31-28)17-16-21-11-5-4-6-12-21/h4-6,9-12,14,16-17H,7-8,13,15,18H2,1-3H3,(H,30,34)/b17-16+. The lowest BCUT2D eigenvalue weighted by Gasteiger charge is -2.21. The van der Waals surface area contributed by atoms with Crippen LogP contribution in [0.1, 0.15) is 45.8 Å². The van der Waals surface area contributed by atoms with Crippen LogP contribution in [0, 0.1) is 13.8 Å². The van der Waals surface area contributed by atoms with Crippen LogP contribution < -0.4 is 10.2 Å². The number of rotatable bonds is 6. The molecular formula is C29H30N4OS. The number of carbonyl (C=O) groups excluding carboxylic acids is 1. The zero-order chi connectivity index (χ0) is 24.4. The summed E-state index contributed by atoms with van der Waals surface area (Å²) in [5.74, 6) is 1.44. The molecule has 6 heteroatoms. The van der Waals surface area contributed by atoms with Gasteiger partial charge in [0.05, 0.1) is 11.9 Å². The van der Waals surface area contributed by atoms with E-state index in [1.165, 1.54) is 23.3 Å². The first-order chi connectivity index (χ1) is 17.0. The smallest absolute Gasteiger partial charge is 0.243 e. The Morgan fingerprint density at radius 1 is 1.03 bits per heavy atom. The number of amides is 1. The highest BCUT2D eigenvalue weighted by atomic mass is 32.1. The van der Waals surface area contributed by atoms with Gasteiger partial charge in [-0.25, -0.2) is 9.97 Å². The molecule has 2 aromatic carbocycles. The molecule has 5 nitrogen and oxygen atoms in total. The highest BCUT2D eigenvalue weighted by Gasteiger charge is 2.23. The molecule has 1 amide bonds. The summed E-state index contributed by atoms with van der Waals surface area (Å²) in [5, 5.41) is 4.20. The molecular weight excluding hydrogens is 452 g/mol. The van der Waals surface area contributed by atoms with Crippen molar-refractivity contribution in [3.05, 3.63) is 81.5 Å². The molecule has 1 N–H and O–H groups in total. The molecule has 0 saturated heterocycles. The van der Waals surface area contributed by atoms with Gasteiger partial charge in [-0.3, -0.25) is 4.79 Å². The van der Waals surface area contributed by atoms with E-state index in [0.717, 1.165) is 51.3 Å². The van der Waals surface area contributed by atoms with Crippen molar-refractivity contribution in [3.8, 4) is 0 Å². The predicted octanol–water partition coefficient (Wildman–Crippen LogP) is 6.43. The van der Waals surface area contributed by atoms with Crippen molar-refractivity contribution < 1.29 is 4.79 Å². The van der Waals surface area contributed by atoms with Gasteiger partial charge < -0.3 is 10.2 Å². The lowest BCUT2D eigenvalue weighted by atomic mass is 9.97. The molecule has 2 aromatic heterocycles. The Morgan fingerprint density at radius 3 is 2.66 bits per heavy atom. The lowest BCUT2D eigenvalue weighted by molar-refractivity contribution is -0.114. The van der Waals surface area contributed by atoms with Crippen LogP contribution >= 0.6 is 11.3 Å². The van der Waals surface area contributed by atoms with Gasteiger partial charge in [0.1, 0.15) is 10.6 Å². The van der Waals surface area contributed by atoms with Crippen molar-refractivity contribution in [2.75, 3.05) is 23.8 Å². The topological polar surface area (TPSA) is 58.1 Å². The minimum absolute atomic E-state index is 0.0570. The second-order valence-corrected chi connectivity index (χ2v) is 10.3. The molecule has 0 fully saturated rings. The molecule has 1 aliphatic carbocycles. The van der Waals surface area contributed by atoms with Gasteiger partial charge in [-0.2, -0.15) is 0 Å². The monoisotopic (exact) mass is 482 g/mol. The van der Waals surface area contributed by atoms with Gasteiger partial charge in [0.25, 0.3) is 0 Å². The van der Waals surface area contributed by atoms with Gasteiger partial charge in [0.2, 0.25) is 5.91 Å². The molecule has 0 atom stereocenters. The normalized spacial score (nSPS) is 13.2. The fourth-order valence-electron chi connectivity index (χ4n) is 4.61. The molecule has 0 bridgehead atoms. The van der Waals surface area contributed by atoms with Gasteiger partial charge in [-0.15, -0.1) is 11.3 Å². The summed E-state index contributed by atoms with van der Waals surface area (Å²) in [4.78, 5) is 27.2. The van der Waals surface area contributed by atoms with E-state index in [2.05, 4.69) is 30.4 Å². The highest BCUT2D eigenvalue weighted by Crippen LogP contribution is 2.39. The van der Waals surface area contributed by atoms with Crippen LogP contribution in [-0.4, -0.2) is 29.5 Å². The van der Waals surface area contributed by atoms with Gasteiger partial charge in [0.15, 0.2) is 5.82 Å². The van der Waals surface area contributed by atoms with E-state index in [1.54, 1.807) is 11.3 Å². The van der Waals surface area contributed by atoms with Crippen molar-refractivity contribution in [2.24, 2.45) is 0 Å². The number of aryl methyl sites for hydroxylation is 3. The molecule has 35 heavy (non-hydrogen) atoms. The minimum atomic E-state index is -0.0570. The molecule has 5 rings (SSSR count). The second-order valence-electron chi connectivity index (χ2n) is 9.19. The number of fused-ring (bicyclic) bond motifs is 3. The van der Waals surface area contributed by atoms with Crippen LogP contribution in [0.4, 0.5) is 11.5 Å². The van der Waals surface area contributed by atoms with Gasteiger partial charge in [0, 0.05) is 17.6 Å². The third-order valence-electron chi connectivity index (χ3n) is 6.66. The molecule has 0 radical (unpaired) electrons. The van der Waals surface area contributed by atoms with Crippen LogP contribution in [0.15, 0.2) is 48.5 Å². The Balaban J connectivity index is 1.48. The molecule has 0 spiro atoms. The van der Waals surface area contributed by atoms with Gasteiger partial charge in [-0.1, -0.05) is 48.5 Å². The highest BCUT2D eigenvalue weighted by molar-refractivity contribution is 7.19. The van der Waals surface area contributed by atoms with Crippen LogP contribution in [0.2, 0.25) is 0 Å². The first kappa shape index (κ1) is 23.2. The van der Waals surface area contributed by atoms with Crippen molar-refractivity contribution in [1.82, 2.24) is 9.97 Å². The Kier molecular flexibility index (Phi) is 6.64. The van der Waals surface area contributed by atoms with E-state index in [1.807, 2.05) is 61.4 Å². The molecule has 4 aromatic rings. The quantitative estimate of drug-likeness (QED) is 0.344. The third-order valence-corrected chi connectivity index (χ3v) is 7.84. The lowest BCUT2D eigenvalue weighted by Crippen LogP contribution is -2.31. The molecule has 0 unspecified atom stereocenters. The molecule has 0 saturated carbocycles. The molecule has 0 aliphatic heterocycles. The minimum Gasteiger partial charge on any atom is -0.350 e. The first-order valence-electron chi connectivity index (χ1n) is 12.1. The summed E-state index contributed by atoms with van der Waals surface area (Å²) in [6.07, 6.45) is 8.55. The summed E-state index contributed by atoms with van der Waals surface area (Å²) in [6, 6.07) is 16.1. The predicted molar refractivity (Wildman–Crippen MR) is 147 cm³/mol. The SMILES string of the molecule is Cc1cccc(NC(=O)CN(C)c2nc(/C=C/c3ccccc3)nc3sc4c(c23)CCCC4)c1C. The van der Waals surface area contributed by atoms with E-state index in [0.29, 0.717) is 5.82 Å². The van der Waals surface area contributed by atoms with Crippen molar-refractivity contribution in [2.45, 2.75) is 39.5 Å². The summed E-state index contributed by atoms with van der Waals surface area (Å²) >= 11 is 1.78. The fourth-order valence-corrected chi connectivity index (χ4v) is 5.87. The molecule has 178 valence electrons. The van der Waals surface area contributed by atoms with E-state index < -0.39 is 0 Å². The largest absolute Gasteiger partial charge is 0.350 e. The second kappa shape index (κ2) is 10.0. The number of aromatic nitrogens is 2. The zero-order valence-corrected chi connectivity index (χ0v) is 21.3. The van der Waals surface area contributed by atoms with Crippen LogP contribution in [-0.2, 0) is 17.6 Å². The van der Waals surface area contributed by atoms with Crippen molar-refractivity contribution >= 4 is 51.1 Å². The number of hydrogen-bond donors (Lipinski definition) is 1. The number of likely N-dealkylation sites (N-methyl/N-ethyl adjacent to an activating group) is 1. The average molecular weight is 483 g/mol.